The maximum atomic E-state index is 13.0. The third-order valence-corrected chi connectivity index (χ3v) is 5.40. The number of hydrogen-bond acceptors (Lipinski definition) is 10. The van der Waals surface area contributed by atoms with Gasteiger partial charge in [0.15, 0.2) is 5.78 Å². The van der Waals surface area contributed by atoms with Crippen LogP contribution in [-0.2, 0) is 4.74 Å². The first-order chi connectivity index (χ1) is 14.6. The van der Waals surface area contributed by atoms with E-state index in [9.17, 15) is 40.2 Å². The Balaban J connectivity index is 1.72. The number of carbonyl (C=O) groups excluding carboxylic acids is 2. The van der Waals surface area contributed by atoms with E-state index >= 15 is 0 Å². The highest BCUT2D eigenvalue weighted by Crippen LogP contribution is 2.40. The molecule has 0 radical (unpaired) electrons. The minimum atomic E-state index is -1.70. The third kappa shape index (κ3) is 3.34. The molecule has 10 heteroatoms. The zero-order chi connectivity index (χ0) is 22.6. The fourth-order valence-corrected chi connectivity index (χ4v) is 3.84. The van der Waals surface area contributed by atoms with Crippen LogP contribution in [0.15, 0.2) is 24.3 Å². The minimum Gasteiger partial charge on any atom is -0.507 e. The van der Waals surface area contributed by atoms with Crippen molar-refractivity contribution in [1.29, 1.82) is 0 Å². The molecule has 2 aromatic rings. The number of ketones is 2. The van der Waals surface area contributed by atoms with Crippen LogP contribution in [0, 0.1) is 6.92 Å². The van der Waals surface area contributed by atoms with Gasteiger partial charge in [-0.15, -0.1) is 0 Å². The standard InChI is InChI=1S/C21H20O10/c1-7-2-9-14(11(23)3-7)18(27)15-10(16(9)25)4-8(5-12(15)24)30-21-20(29)19(28)17(26)13(6-22)31-21/h2-5,13,17,19-24,26,28-29H,6H2,1H3/t13-,17-,19-,20-,21-/m0/s1. The summed E-state index contributed by atoms with van der Waals surface area (Å²) in [6, 6.07) is 4.96. The summed E-state index contributed by atoms with van der Waals surface area (Å²) < 4.78 is 10.7. The minimum absolute atomic E-state index is 0.0283. The van der Waals surface area contributed by atoms with Crippen molar-refractivity contribution in [2.24, 2.45) is 0 Å². The van der Waals surface area contributed by atoms with Gasteiger partial charge in [-0.2, -0.15) is 0 Å². The zero-order valence-electron chi connectivity index (χ0n) is 16.2. The number of phenols is 2. The summed E-state index contributed by atoms with van der Waals surface area (Å²) in [6.45, 7) is 0.982. The molecule has 0 aromatic heterocycles. The van der Waals surface area contributed by atoms with Crippen molar-refractivity contribution in [3.63, 3.8) is 0 Å². The van der Waals surface area contributed by atoms with Crippen LogP contribution in [0.4, 0.5) is 0 Å². The molecule has 0 spiro atoms. The summed E-state index contributed by atoms with van der Waals surface area (Å²) >= 11 is 0. The summed E-state index contributed by atoms with van der Waals surface area (Å²) in [6.07, 6.45) is -7.71. The van der Waals surface area contributed by atoms with Crippen LogP contribution in [0.25, 0.3) is 0 Å². The van der Waals surface area contributed by atoms with E-state index in [4.69, 9.17) is 9.47 Å². The number of aliphatic hydroxyl groups excluding tert-OH is 4. The lowest BCUT2D eigenvalue weighted by Gasteiger charge is -2.39. The Morgan fingerprint density at radius 1 is 0.871 bits per heavy atom. The maximum absolute atomic E-state index is 13.0. The molecular formula is C21H20O10. The second-order valence-corrected chi connectivity index (χ2v) is 7.54. The highest BCUT2D eigenvalue weighted by Gasteiger charge is 2.45. The number of carbonyl (C=O) groups is 2. The van der Waals surface area contributed by atoms with Crippen molar-refractivity contribution in [1.82, 2.24) is 0 Å². The molecule has 0 amide bonds. The van der Waals surface area contributed by atoms with E-state index in [1.165, 1.54) is 18.2 Å². The van der Waals surface area contributed by atoms with Crippen LogP contribution in [0.1, 0.15) is 37.4 Å². The number of benzene rings is 2. The van der Waals surface area contributed by atoms with Gasteiger partial charge in [-0.05, 0) is 30.7 Å². The van der Waals surface area contributed by atoms with Crippen LogP contribution in [-0.4, -0.2) is 79.5 Å². The van der Waals surface area contributed by atoms with Crippen LogP contribution < -0.4 is 4.74 Å². The molecule has 1 fully saturated rings. The molecule has 0 unspecified atom stereocenters. The predicted molar refractivity (Wildman–Crippen MR) is 102 cm³/mol. The van der Waals surface area contributed by atoms with Gasteiger partial charge in [0.05, 0.1) is 17.7 Å². The van der Waals surface area contributed by atoms with Gasteiger partial charge in [0, 0.05) is 17.2 Å². The molecule has 1 heterocycles. The Labute approximate surface area is 175 Å². The lowest BCUT2D eigenvalue weighted by molar-refractivity contribution is -0.277. The molecule has 2 aromatic carbocycles. The summed E-state index contributed by atoms with van der Waals surface area (Å²) in [7, 11) is 0. The van der Waals surface area contributed by atoms with Crippen molar-refractivity contribution in [2.45, 2.75) is 37.6 Å². The van der Waals surface area contributed by atoms with Gasteiger partial charge in [-0.1, -0.05) is 0 Å². The van der Waals surface area contributed by atoms with Crippen molar-refractivity contribution in [2.75, 3.05) is 6.61 Å². The molecule has 1 aliphatic heterocycles. The van der Waals surface area contributed by atoms with Gasteiger partial charge in [0.1, 0.15) is 41.7 Å². The predicted octanol–water partition coefficient (Wildman–Crippen LogP) is -0.640. The fourth-order valence-electron chi connectivity index (χ4n) is 3.84. The van der Waals surface area contributed by atoms with Crippen molar-refractivity contribution >= 4 is 11.6 Å². The molecule has 6 N–H and O–H groups in total. The number of aliphatic hydroxyl groups is 4. The van der Waals surface area contributed by atoms with Gasteiger partial charge in [0.25, 0.3) is 0 Å². The fraction of sp³-hybridized carbons (Fsp3) is 0.333. The van der Waals surface area contributed by atoms with Gasteiger partial charge in [-0.3, -0.25) is 9.59 Å². The Hall–Kier alpha value is -3.02. The first-order valence-corrected chi connectivity index (χ1v) is 9.41. The largest absolute Gasteiger partial charge is 0.507 e. The number of rotatable bonds is 3. The van der Waals surface area contributed by atoms with E-state index in [0.29, 0.717) is 5.56 Å². The Bertz CT molecular complexity index is 1080. The number of aromatic hydroxyl groups is 2. The average molecular weight is 432 g/mol. The van der Waals surface area contributed by atoms with E-state index in [1.807, 2.05) is 0 Å². The van der Waals surface area contributed by atoms with Gasteiger partial charge >= 0.3 is 0 Å². The summed E-state index contributed by atoms with van der Waals surface area (Å²) in [5.74, 6) is -2.50. The normalized spacial score (nSPS) is 27.6. The Morgan fingerprint density at radius 2 is 1.48 bits per heavy atom. The van der Waals surface area contributed by atoms with E-state index in [1.54, 1.807) is 6.92 Å². The molecule has 0 bridgehead atoms. The number of fused-ring (bicyclic) bond motifs is 2. The van der Waals surface area contributed by atoms with E-state index in [-0.39, 0.29) is 33.8 Å². The van der Waals surface area contributed by atoms with Gasteiger partial charge in [-0.25, -0.2) is 0 Å². The van der Waals surface area contributed by atoms with E-state index in [2.05, 4.69) is 0 Å². The molecule has 0 saturated carbocycles. The van der Waals surface area contributed by atoms with Crippen LogP contribution in [0.2, 0.25) is 0 Å². The number of phenolic OH excluding ortho intramolecular Hbond substituents is 2. The lowest BCUT2D eigenvalue weighted by Crippen LogP contribution is -2.60. The second kappa shape index (κ2) is 7.59. The quantitative estimate of drug-likeness (QED) is 0.312. The molecule has 164 valence electrons. The van der Waals surface area contributed by atoms with Crippen molar-refractivity contribution in [3.05, 3.63) is 52.1 Å². The van der Waals surface area contributed by atoms with E-state index in [0.717, 1.165) is 6.07 Å². The summed E-state index contributed by atoms with van der Waals surface area (Å²) in [4.78, 5) is 25.9. The van der Waals surface area contributed by atoms with Crippen molar-refractivity contribution in [3.8, 4) is 17.2 Å². The van der Waals surface area contributed by atoms with E-state index < -0.39 is 54.6 Å². The molecule has 31 heavy (non-hydrogen) atoms. The van der Waals surface area contributed by atoms with Crippen LogP contribution in [0.5, 0.6) is 17.2 Å². The number of ether oxygens (including phenoxy) is 2. The second-order valence-electron chi connectivity index (χ2n) is 7.54. The van der Waals surface area contributed by atoms with Crippen molar-refractivity contribution < 1.29 is 49.7 Å². The molecule has 10 nitrogen and oxygen atoms in total. The number of hydrogen-bond donors (Lipinski definition) is 6. The highest BCUT2D eigenvalue weighted by atomic mass is 16.7. The van der Waals surface area contributed by atoms with Gasteiger partial charge < -0.3 is 40.1 Å². The zero-order valence-corrected chi connectivity index (χ0v) is 16.2. The summed E-state index contributed by atoms with van der Waals surface area (Å²) in [5.41, 5.74) is -0.168. The number of aryl methyl sites for hydroxylation is 1. The smallest absolute Gasteiger partial charge is 0.229 e. The maximum Gasteiger partial charge on any atom is 0.229 e. The van der Waals surface area contributed by atoms with Crippen LogP contribution in [0.3, 0.4) is 0 Å². The molecule has 4 rings (SSSR count). The molecule has 5 atom stereocenters. The monoisotopic (exact) mass is 432 g/mol. The topological polar surface area (TPSA) is 174 Å². The summed E-state index contributed by atoms with van der Waals surface area (Å²) in [5, 5.41) is 59.7. The molecule has 2 aliphatic rings. The third-order valence-electron chi connectivity index (χ3n) is 5.40. The van der Waals surface area contributed by atoms with Crippen LogP contribution >= 0.6 is 0 Å². The average Bonchev–Trinajstić information content (AvgIpc) is 2.71. The SMILES string of the molecule is Cc1cc(O)c2c(c1)C(=O)c1cc(O[C@H]3O[C@@H](CO)[C@H](O)[C@H](O)[C@@H]3O)cc(O)c1C2=O. The highest BCUT2D eigenvalue weighted by molar-refractivity contribution is 6.30. The molecule has 1 aliphatic carbocycles. The Kier molecular flexibility index (Phi) is 5.20. The van der Waals surface area contributed by atoms with Gasteiger partial charge in [0.2, 0.25) is 12.1 Å². The first kappa shape index (κ1) is 21.2. The first-order valence-electron chi connectivity index (χ1n) is 9.41. The Morgan fingerprint density at radius 3 is 2.13 bits per heavy atom. The lowest BCUT2D eigenvalue weighted by atomic mass is 9.82. The molecule has 1 saturated heterocycles. The molecular weight excluding hydrogens is 412 g/mol.